The minimum atomic E-state index is -3.52. The van der Waals surface area contributed by atoms with Crippen LogP contribution in [0.1, 0.15) is 39.9 Å². The van der Waals surface area contributed by atoms with Crippen molar-refractivity contribution in [3.8, 4) is 5.75 Å². The predicted molar refractivity (Wildman–Crippen MR) is 137 cm³/mol. The molecule has 12 heteroatoms. The molecule has 0 atom stereocenters. The lowest BCUT2D eigenvalue weighted by molar-refractivity contribution is 0.102. The van der Waals surface area contributed by atoms with Gasteiger partial charge in [-0.25, -0.2) is 18.4 Å². The smallest absolute Gasteiger partial charge is 0.277 e. The normalized spacial score (nSPS) is 11.1. The van der Waals surface area contributed by atoms with Gasteiger partial charge in [-0.3, -0.25) is 9.59 Å². The van der Waals surface area contributed by atoms with Gasteiger partial charge in [-0.1, -0.05) is 18.5 Å². The quantitative estimate of drug-likeness (QED) is 0.336. The first kappa shape index (κ1) is 27.1. The summed E-state index contributed by atoms with van der Waals surface area (Å²) in [6.07, 6.45) is 1.90. The van der Waals surface area contributed by atoms with Crippen LogP contribution in [0.25, 0.3) is 0 Å². The van der Waals surface area contributed by atoms with Gasteiger partial charge in [-0.2, -0.15) is 0 Å². The Balaban J connectivity index is 1.91. The van der Waals surface area contributed by atoms with Crippen molar-refractivity contribution >= 4 is 44.8 Å². The number of carbonyl (C=O) groups excluding carboxylic acids is 2. The highest BCUT2D eigenvalue weighted by atomic mass is 35.5. The second kappa shape index (κ2) is 11.9. The summed E-state index contributed by atoms with van der Waals surface area (Å²) in [7, 11) is -3.52. The summed E-state index contributed by atoms with van der Waals surface area (Å²) >= 11 is 5.84. The minimum Gasteiger partial charge on any atom is -0.493 e. The first-order valence-electron chi connectivity index (χ1n) is 11.1. The summed E-state index contributed by atoms with van der Waals surface area (Å²) < 4.78 is 30.4. The molecule has 190 valence electrons. The van der Waals surface area contributed by atoms with E-state index in [0.717, 1.165) is 0 Å². The Morgan fingerprint density at radius 1 is 1.08 bits per heavy atom. The van der Waals surface area contributed by atoms with Crippen LogP contribution in [0.2, 0.25) is 5.02 Å². The molecule has 0 aliphatic carbocycles. The van der Waals surface area contributed by atoms with E-state index in [4.69, 9.17) is 22.1 Å². The van der Waals surface area contributed by atoms with E-state index in [1.54, 1.807) is 25.1 Å². The molecule has 0 saturated heterocycles. The molecule has 0 unspecified atom stereocenters. The summed E-state index contributed by atoms with van der Waals surface area (Å²) in [5.74, 6) is -0.952. The van der Waals surface area contributed by atoms with Crippen LogP contribution in [-0.4, -0.2) is 49.1 Å². The summed E-state index contributed by atoms with van der Waals surface area (Å²) in [6, 6.07) is 10.3. The maximum atomic E-state index is 13.2. The zero-order valence-corrected chi connectivity index (χ0v) is 21.3. The number of aromatic nitrogens is 2. The number of carbonyl (C=O) groups is 2. The SMILES string of the molecule is CCS(=O)(=O)c1ccc(C(=O)Nc2ccc(C)nc2C(=O)Nc2ccc(Cl)cn2)c(OCCCN)c1. The van der Waals surface area contributed by atoms with Gasteiger partial charge in [-0.15, -0.1) is 0 Å². The van der Waals surface area contributed by atoms with Crippen LogP contribution in [0.4, 0.5) is 11.5 Å². The van der Waals surface area contributed by atoms with Crippen LogP contribution in [0.15, 0.2) is 53.6 Å². The molecule has 0 fully saturated rings. The van der Waals surface area contributed by atoms with Gasteiger partial charge in [0.1, 0.15) is 11.6 Å². The Kier molecular flexibility index (Phi) is 8.97. The van der Waals surface area contributed by atoms with Crippen LogP contribution >= 0.6 is 11.6 Å². The average Bonchev–Trinajstić information content (AvgIpc) is 2.86. The molecule has 1 aromatic carbocycles. The van der Waals surface area contributed by atoms with Gasteiger partial charge in [0.05, 0.1) is 33.5 Å². The van der Waals surface area contributed by atoms with Crippen molar-refractivity contribution in [1.29, 1.82) is 0 Å². The first-order chi connectivity index (χ1) is 17.1. The van der Waals surface area contributed by atoms with E-state index < -0.39 is 21.7 Å². The molecule has 3 aromatic rings. The van der Waals surface area contributed by atoms with Gasteiger partial charge in [0.2, 0.25) is 0 Å². The van der Waals surface area contributed by atoms with E-state index >= 15 is 0 Å². The highest BCUT2D eigenvalue weighted by Gasteiger charge is 2.21. The number of hydrogen-bond acceptors (Lipinski definition) is 8. The molecule has 3 rings (SSSR count). The molecule has 36 heavy (non-hydrogen) atoms. The number of sulfone groups is 1. The predicted octanol–water partition coefficient (Wildman–Crippen LogP) is 3.46. The minimum absolute atomic E-state index is 0.0316. The molecular formula is C24H26ClN5O5S. The molecule has 0 bridgehead atoms. The third kappa shape index (κ3) is 6.78. The average molecular weight is 532 g/mol. The fourth-order valence-corrected chi connectivity index (χ4v) is 4.09. The Hall–Kier alpha value is -3.54. The number of anilines is 2. The lowest BCUT2D eigenvalue weighted by Crippen LogP contribution is -2.21. The Bertz CT molecular complexity index is 1360. The van der Waals surface area contributed by atoms with E-state index in [1.165, 1.54) is 37.4 Å². The lowest BCUT2D eigenvalue weighted by Gasteiger charge is -2.15. The van der Waals surface area contributed by atoms with Crippen molar-refractivity contribution in [2.45, 2.75) is 25.2 Å². The summed E-state index contributed by atoms with van der Waals surface area (Å²) in [5.41, 5.74) is 6.29. The number of nitrogens with one attached hydrogen (secondary N) is 2. The van der Waals surface area contributed by atoms with E-state index in [-0.39, 0.29) is 45.8 Å². The molecular weight excluding hydrogens is 506 g/mol. The molecule has 0 radical (unpaired) electrons. The van der Waals surface area contributed by atoms with Crippen LogP contribution in [0, 0.1) is 6.92 Å². The molecule has 0 spiro atoms. The van der Waals surface area contributed by atoms with Crippen molar-refractivity contribution < 1.29 is 22.7 Å². The Morgan fingerprint density at radius 2 is 1.86 bits per heavy atom. The van der Waals surface area contributed by atoms with Crippen molar-refractivity contribution in [2.24, 2.45) is 5.73 Å². The Labute approximate surface area is 214 Å². The zero-order valence-electron chi connectivity index (χ0n) is 19.7. The second-order valence-electron chi connectivity index (χ2n) is 7.67. The lowest BCUT2D eigenvalue weighted by atomic mass is 10.1. The van der Waals surface area contributed by atoms with Crippen LogP contribution in [0.5, 0.6) is 5.75 Å². The van der Waals surface area contributed by atoms with Gasteiger partial charge < -0.3 is 21.1 Å². The van der Waals surface area contributed by atoms with Gasteiger partial charge in [-0.05, 0) is 62.4 Å². The maximum Gasteiger partial charge on any atom is 0.277 e. The van der Waals surface area contributed by atoms with E-state index in [9.17, 15) is 18.0 Å². The number of hydrogen-bond donors (Lipinski definition) is 3. The molecule has 0 aliphatic heterocycles. The highest BCUT2D eigenvalue weighted by Crippen LogP contribution is 2.26. The molecule has 4 N–H and O–H groups in total. The Morgan fingerprint density at radius 3 is 2.53 bits per heavy atom. The number of amides is 2. The van der Waals surface area contributed by atoms with Crippen LogP contribution in [0.3, 0.4) is 0 Å². The number of nitrogens with two attached hydrogens (primary N) is 1. The van der Waals surface area contributed by atoms with E-state index in [0.29, 0.717) is 23.7 Å². The first-order valence-corrected chi connectivity index (χ1v) is 13.1. The van der Waals surface area contributed by atoms with Gasteiger partial charge in [0, 0.05) is 11.9 Å². The second-order valence-corrected chi connectivity index (χ2v) is 10.4. The number of benzene rings is 1. The van der Waals surface area contributed by atoms with Crippen molar-refractivity contribution in [1.82, 2.24) is 9.97 Å². The molecule has 0 saturated carbocycles. The zero-order chi connectivity index (χ0) is 26.3. The summed E-state index contributed by atoms with van der Waals surface area (Å²) in [6.45, 7) is 3.80. The highest BCUT2D eigenvalue weighted by molar-refractivity contribution is 7.91. The summed E-state index contributed by atoms with van der Waals surface area (Å²) in [4.78, 5) is 34.5. The third-order valence-electron chi connectivity index (χ3n) is 5.01. The van der Waals surface area contributed by atoms with Gasteiger partial charge in [0.25, 0.3) is 11.8 Å². The molecule has 2 amide bonds. The van der Waals surface area contributed by atoms with Crippen LogP contribution in [-0.2, 0) is 9.84 Å². The molecule has 0 aliphatic rings. The fraction of sp³-hybridized carbons (Fsp3) is 0.250. The fourth-order valence-electron chi connectivity index (χ4n) is 3.08. The molecule has 10 nitrogen and oxygen atoms in total. The van der Waals surface area contributed by atoms with Crippen molar-refractivity contribution in [3.63, 3.8) is 0 Å². The van der Waals surface area contributed by atoms with Crippen LogP contribution < -0.4 is 21.1 Å². The number of pyridine rings is 2. The number of aryl methyl sites for hydroxylation is 1. The number of halogens is 1. The topological polar surface area (TPSA) is 153 Å². The van der Waals surface area contributed by atoms with Gasteiger partial charge in [0.15, 0.2) is 15.5 Å². The third-order valence-corrected chi connectivity index (χ3v) is 6.97. The van der Waals surface area contributed by atoms with Crippen molar-refractivity contribution in [3.05, 3.63) is 70.6 Å². The molecule has 2 aromatic heterocycles. The number of ether oxygens (including phenoxy) is 1. The number of nitrogens with zero attached hydrogens (tertiary/aromatic N) is 2. The number of rotatable bonds is 10. The maximum absolute atomic E-state index is 13.2. The van der Waals surface area contributed by atoms with Gasteiger partial charge >= 0.3 is 0 Å². The standard InChI is InChI=1S/C24H26ClN5O5S/c1-3-36(33,34)17-7-8-18(20(13-17)35-12-4-11-26)23(31)29-19-9-5-15(2)28-22(19)24(32)30-21-10-6-16(25)14-27-21/h5-10,13-14H,3-4,11-12,26H2,1-2H3,(H,29,31)(H,27,30,32). The summed E-state index contributed by atoms with van der Waals surface area (Å²) in [5, 5.41) is 5.71. The largest absolute Gasteiger partial charge is 0.493 e. The monoisotopic (exact) mass is 531 g/mol. The van der Waals surface area contributed by atoms with Crippen molar-refractivity contribution in [2.75, 3.05) is 29.5 Å². The van der Waals surface area contributed by atoms with E-state index in [2.05, 4.69) is 20.6 Å². The molecule has 2 heterocycles. The van der Waals surface area contributed by atoms with E-state index in [1.807, 2.05) is 0 Å².